The molecule has 2 N–H and O–H groups in total. The Morgan fingerprint density at radius 2 is 1.95 bits per heavy atom. The van der Waals surface area contributed by atoms with Gasteiger partial charge in [-0.05, 0) is 51.0 Å². The van der Waals surface area contributed by atoms with E-state index < -0.39 is 10.0 Å². The standard InChI is InChI=1S/C14H22N2O3S/c1-14(2)8-3-9-16(14)20(17,18)11-10-19-13-6-4-12(15)5-7-13/h4-7H,3,8-11,15H2,1-2H3. The first kappa shape index (κ1) is 15.1. The number of benzene rings is 1. The van der Waals surface area contributed by atoms with E-state index in [9.17, 15) is 8.42 Å². The van der Waals surface area contributed by atoms with Crippen LogP contribution in [0.15, 0.2) is 24.3 Å². The van der Waals surface area contributed by atoms with Crippen molar-refractivity contribution in [2.45, 2.75) is 32.2 Å². The normalized spacial score (nSPS) is 19.1. The molecule has 112 valence electrons. The summed E-state index contributed by atoms with van der Waals surface area (Å²) in [4.78, 5) is 0. The van der Waals surface area contributed by atoms with Crippen molar-refractivity contribution in [2.24, 2.45) is 0 Å². The zero-order valence-corrected chi connectivity index (χ0v) is 12.8. The topological polar surface area (TPSA) is 72.6 Å². The number of hydrogen-bond acceptors (Lipinski definition) is 4. The van der Waals surface area contributed by atoms with E-state index in [1.807, 2.05) is 13.8 Å². The average Bonchev–Trinajstić information content (AvgIpc) is 2.72. The molecular formula is C14H22N2O3S. The summed E-state index contributed by atoms with van der Waals surface area (Å²) >= 11 is 0. The summed E-state index contributed by atoms with van der Waals surface area (Å²) in [6.07, 6.45) is 1.83. The maximum absolute atomic E-state index is 12.3. The van der Waals surface area contributed by atoms with Gasteiger partial charge in [0, 0.05) is 17.8 Å². The van der Waals surface area contributed by atoms with Gasteiger partial charge in [-0.3, -0.25) is 0 Å². The molecular weight excluding hydrogens is 276 g/mol. The molecule has 5 nitrogen and oxygen atoms in total. The van der Waals surface area contributed by atoms with Crippen LogP contribution in [0, 0.1) is 0 Å². The zero-order valence-electron chi connectivity index (χ0n) is 12.0. The molecule has 0 aliphatic carbocycles. The summed E-state index contributed by atoms with van der Waals surface area (Å²) in [5.41, 5.74) is 5.96. The Kier molecular flexibility index (Phi) is 4.25. The number of nitrogen functional groups attached to an aromatic ring is 1. The average molecular weight is 298 g/mol. The highest BCUT2D eigenvalue weighted by Gasteiger charge is 2.39. The van der Waals surface area contributed by atoms with Crippen LogP contribution in [-0.2, 0) is 10.0 Å². The zero-order chi connectivity index (χ0) is 14.8. The lowest BCUT2D eigenvalue weighted by atomic mass is 10.0. The van der Waals surface area contributed by atoms with Gasteiger partial charge in [0.25, 0.3) is 0 Å². The summed E-state index contributed by atoms with van der Waals surface area (Å²) in [6.45, 7) is 4.70. The van der Waals surface area contributed by atoms with E-state index >= 15 is 0 Å². The second-order valence-corrected chi connectivity index (χ2v) is 7.73. The molecule has 1 heterocycles. The predicted octanol–water partition coefficient (Wildman–Crippen LogP) is 1.85. The third-order valence-corrected chi connectivity index (χ3v) is 5.68. The Balaban J connectivity index is 1.91. The van der Waals surface area contributed by atoms with E-state index in [1.165, 1.54) is 0 Å². The Hall–Kier alpha value is -1.27. The fraction of sp³-hybridized carbons (Fsp3) is 0.571. The third-order valence-electron chi connectivity index (χ3n) is 3.65. The van der Waals surface area contributed by atoms with Gasteiger partial charge in [0.1, 0.15) is 12.4 Å². The minimum atomic E-state index is -3.26. The molecule has 1 aliphatic rings. The second-order valence-electron chi connectivity index (χ2n) is 5.72. The maximum Gasteiger partial charge on any atom is 0.217 e. The minimum absolute atomic E-state index is 0.000800. The molecule has 20 heavy (non-hydrogen) atoms. The highest BCUT2D eigenvalue weighted by atomic mass is 32.2. The quantitative estimate of drug-likeness (QED) is 0.842. The number of nitrogens with two attached hydrogens (primary N) is 1. The van der Waals surface area contributed by atoms with Crippen LogP contribution < -0.4 is 10.5 Å². The number of sulfonamides is 1. The summed E-state index contributed by atoms with van der Waals surface area (Å²) in [5.74, 6) is 0.635. The van der Waals surface area contributed by atoms with Gasteiger partial charge in [-0.25, -0.2) is 8.42 Å². The van der Waals surface area contributed by atoms with Crippen LogP contribution in [0.25, 0.3) is 0 Å². The van der Waals surface area contributed by atoms with Gasteiger partial charge in [-0.1, -0.05) is 0 Å². The van der Waals surface area contributed by atoms with Crippen LogP contribution in [0.5, 0.6) is 5.75 Å². The lowest BCUT2D eigenvalue weighted by molar-refractivity contribution is 0.284. The first-order valence-electron chi connectivity index (χ1n) is 6.80. The summed E-state index contributed by atoms with van der Waals surface area (Å²) < 4.78 is 31.7. The minimum Gasteiger partial charge on any atom is -0.492 e. The van der Waals surface area contributed by atoms with Crippen molar-refractivity contribution in [2.75, 3.05) is 24.6 Å². The highest BCUT2D eigenvalue weighted by Crippen LogP contribution is 2.31. The molecule has 0 amide bonds. The van der Waals surface area contributed by atoms with Crippen LogP contribution in [0.3, 0.4) is 0 Å². The molecule has 1 aliphatic heterocycles. The number of rotatable bonds is 5. The number of ether oxygens (including phenoxy) is 1. The molecule has 1 aromatic carbocycles. The van der Waals surface area contributed by atoms with Crippen molar-refractivity contribution in [3.05, 3.63) is 24.3 Å². The van der Waals surface area contributed by atoms with Crippen LogP contribution >= 0.6 is 0 Å². The summed E-state index contributed by atoms with van der Waals surface area (Å²) in [5, 5.41) is 0. The first-order chi connectivity index (χ1) is 9.31. The molecule has 6 heteroatoms. The summed E-state index contributed by atoms with van der Waals surface area (Å²) in [7, 11) is -3.26. The Bertz CT molecular complexity index is 552. The van der Waals surface area contributed by atoms with Crippen molar-refractivity contribution in [3.63, 3.8) is 0 Å². The van der Waals surface area contributed by atoms with Gasteiger partial charge in [0.2, 0.25) is 10.0 Å². The van der Waals surface area contributed by atoms with Crippen molar-refractivity contribution in [1.29, 1.82) is 0 Å². The largest absolute Gasteiger partial charge is 0.492 e. The molecule has 0 aromatic heterocycles. The van der Waals surface area contributed by atoms with E-state index in [1.54, 1.807) is 28.6 Å². The van der Waals surface area contributed by atoms with Gasteiger partial charge in [-0.15, -0.1) is 0 Å². The number of anilines is 1. The SMILES string of the molecule is CC1(C)CCCN1S(=O)(=O)CCOc1ccc(N)cc1. The lowest BCUT2D eigenvalue weighted by Crippen LogP contribution is -2.44. The molecule has 1 aromatic rings. The Morgan fingerprint density at radius 3 is 2.50 bits per heavy atom. The maximum atomic E-state index is 12.3. The van der Waals surface area contributed by atoms with E-state index in [0.29, 0.717) is 18.0 Å². The molecule has 0 radical (unpaired) electrons. The van der Waals surface area contributed by atoms with Gasteiger partial charge < -0.3 is 10.5 Å². The molecule has 0 saturated carbocycles. The van der Waals surface area contributed by atoms with Crippen molar-refractivity contribution in [3.8, 4) is 5.75 Å². The van der Waals surface area contributed by atoms with E-state index in [2.05, 4.69) is 0 Å². The fourth-order valence-electron chi connectivity index (χ4n) is 2.54. The van der Waals surface area contributed by atoms with Crippen LogP contribution in [0.4, 0.5) is 5.69 Å². The number of nitrogens with zero attached hydrogens (tertiary/aromatic N) is 1. The summed E-state index contributed by atoms with van der Waals surface area (Å²) in [6, 6.07) is 6.93. The molecule has 0 unspecified atom stereocenters. The molecule has 1 saturated heterocycles. The van der Waals surface area contributed by atoms with Crippen LogP contribution in [-0.4, -0.2) is 37.2 Å². The monoisotopic (exact) mass is 298 g/mol. The second kappa shape index (κ2) is 5.61. The Labute approximate surface area is 120 Å². The third kappa shape index (κ3) is 3.43. The van der Waals surface area contributed by atoms with Crippen molar-refractivity contribution in [1.82, 2.24) is 4.31 Å². The molecule has 1 fully saturated rings. The van der Waals surface area contributed by atoms with Gasteiger partial charge in [0.15, 0.2) is 0 Å². The molecule has 0 spiro atoms. The van der Waals surface area contributed by atoms with E-state index in [0.717, 1.165) is 12.8 Å². The molecule has 0 bridgehead atoms. The first-order valence-corrected chi connectivity index (χ1v) is 8.41. The highest BCUT2D eigenvalue weighted by molar-refractivity contribution is 7.89. The Morgan fingerprint density at radius 1 is 1.30 bits per heavy atom. The van der Waals surface area contributed by atoms with Crippen molar-refractivity contribution < 1.29 is 13.2 Å². The number of hydrogen-bond donors (Lipinski definition) is 1. The fourth-order valence-corrected chi connectivity index (χ4v) is 4.30. The van der Waals surface area contributed by atoms with Gasteiger partial charge in [-0.2, -0.15) is 4.31 Å². The molecule has 0 atom stereocenters. The van der Waals surface area contributed by atoms with Crippen LogP contribution in [0.2, 0.25) is 0 Å². The lowest BCUT2D eigenvalue weighted by Gasteiger charge is -2.30. The predicted molar refractivity (Wildman–Crippen MR) is 80.2 cm³/mol. The van der Waals surface area contributed by atoms with Crippen molar-refractivity contribution >= 4 is 15.7 Å². The van der Waals surface area contributed by atoms with E-state index in [-0.39, 0.29) is 17.9 Å². The molecule has 2 rings (SSSR count). The van der Waals surface area contributed by atoms with Gasteiger partial charge >= 0.3 is 0 Å². The van der Waals surface area contributed by atoms with E-state index in [4.69, 9.17) is 10.5 Å². The smallest absolute Gasteiger partial charge is 0.217 e. The van der Waals surface area contributed by atoms with Crippen LogP contribution in [0.1, 0.15) is 26.7 Å². The van der Waals surface area contributed by atoms with Gasteiger partial charge in [0.05, 0.1) is 5.75 Å².